The van der Waals surface area contributed by atoms with Gasteiger partial charge in [-0.25, -0.2) is 4.79 Å². The van der Waals surface area contributed by atoms with Crippen LogP contribution in [0.4, 0.5) is 4.79 Å². The van der Waals surface area contributed by atoms with Crippen LogP contribution in [-0.2, 0) is 4.79 Å². The number of hydrogen-bond donors (Lipinski definition) is 5. The minimum Gasteiger partial charge on any atom is -0.395 e. The Hall–Kier alpha value is -1.42. The van der Waals surface area contributed by atoms with Crippen LogP contribution in [0.2, 0.25) is 0 Å². The van der Waals surface area contributed by atoms with Gasteiger partial charge in [0.2, 0.25) is 5.91 Å². The van der Waals surface area contributed by atoms with E-state index in [1.807, 2.05) is 0 Å². The summed E-state index contributed by atoms with van der Waals surface area (Å²) in [6.45, 7) is 0.947. The zero-order valence-corrected chi connectivity index (χ0v) is 15.6. The molecule has 0 spiro atoms. The fraction of sp³-hybridized carbons (Fsp3) is 0.882. The molecule has 0 rings (SSSR count). The van der Waals surface area contributed by atoms with Crippen LogP contribution in [0.1, 0.15) is 38.5 Å². The smallest absolute Gasteiger partial charge is 0.317 e. The van der Waals surface area contributed by atoms with Crippen molar-refractivity contribution in [3.05, 3.63) is 0 Å². The maximum absolute atomic E-state index is 11.9. The van der Waals surface area contributed by atoms with Crippen LogP contribution >= 0.6 is 0 Å². The van der Waals surface area contributed by atoms with E-state index >= 15 is 0 Å². The van der Waals surface area contributed by atoms with Gasteiger partial charge in [-0.15, -0.1) is 0 Å². The highest BCUT2D eigenvalue weighted by Gasteiger charge is 2.12. The molecule has 9 heteroatoms. The highest BCUT2D eigenvalue weighted by Crippen LogP contribution is 2.07. The Morgan fingerprint density at radius 2 is 1.12 bits per heavy atom. The first-order chi connectivity index (χ1) is 12.6. The molecule has 5 N–H and O–H groups in total. The van der Waals surface area contributed by atoms with Gasteiger partial charge >= 0.3 is 6.03 Å². The molecule has 0 aliphatic heterocycles. The van der Waals surface area contributed by atoms with Crippen molar-refractivity contribution in [2.24, 2.45) is 0 Å². The monoisotopic (exact) mass is 377 g/mol. The van der Waals surface area contributed by atoms with E-state index in [0.717, 1.165) is 32.1 Å². The quantitative estimate of drug-likeness (QED) is 0.222. The zero-order chi connectivity index (χ0) is 19.6. The topological polar surface area (TPSA) is 134 Å². The van der Waals surface area contributed by atoms with E-state index < -0.39 is 0 Å². The molecule has 0 aromatic rings. The maximum Gasteiger partial charge on any atom is 0.317 e. The van der Waals surface area contributed by atoms with Crippen LogP contribution < -0.4 is 5.32 Å². The number of nitrogens with zero attached hydrogens (tertiary/aromatic N) is 2. The molecule has 154 valence electrons. The third-order valence-electron chi connectivity index (χ3n) is 3.96. The van der Waals surface area contributed by atoms with Gasteiger partial charge in [0.15, 0.2) is 0 Å². The van der Waals surface area contributed by atoms with E-state index in [1.54, 1.807) is 0 Å². The summed E-state index contributed by atoms with van der Waals surface area (Å²) in [4.78, 5) is 26.6. The number of carbonyl (C=O) groups excluding carboxylic acids is 2. The highest BCUT2D eigenvalue weighted by atomic mass is 16.3. The Labute approximate surface area is 155 Å². The molecule has 0 aliphatic carbocycles. The predicted molar refractivity (Wildman–Crippen MR) is 97.6 cm³/mol. The number of hydrogen-bond acceptors (Lipinski definition) is 6. The fourth-order valence-electron chi connectivity index (χ4n) is 2.56. The number of unbranched alkanes of at least 4 members (excludes halogenated alkanes) is 4. The maximum atomic E-state index is 11.9. The number of urea groups is 1. The van der Waals surface area contributed by atoms with Crippen molar-refractivity contribution in [3.63, 3.8) is 0 Å². The summed E-state index contributed by atoms with van der Waals surface area (Å²) in [5.41, 5.74) is 0. The minimum atomic E-state index is -0.286. The van der Waals surface area contributed by atoms with E-state index in [1.165, 1.54) is 9.80 Å². The number of aliphatic hydroxyl groups excluding tert-OH is 4. The number of nitrogens with one attached hydrogen (secondary N) is 1. The standard InChI is InChI=1S/C17H35N3O6/c21-12-8-19(9-13-22)16(25)6-4-2-1-3-5-7-18-17(26)20(10-14-23)11-15-24/h21-24H,1-15H2,(H,18,26). The van der Waals surface area contributed by atoms with Gasteiger partial charge in [-0.3, -0.25) is 4.79 Å². The van der Waals surface area contributed by atoms with E-state index in [2.05, 4.69) is 5.32 Å². The summed E-state index contributed by atoms with van der Waals surface area (Å²) in [5.74, 6) is -0.0479. The molecule has 0 aromatic heterocycles. The molecular weight excluding hydrogens is 342 g/mol. The van der Waals surface area contributed by atoms with Gasteiger partial charge in [-0.2, -0.15) is 0 Å². The van der Waals surface area contributed by atoms with E-state index in [-0.39, 0.29) is 64.5 Å². The zero-order valence-electron chi connectivity index (χ0n) is 15.6. The lowest BCUT2D eigenvalue weighted by Crippen LogP contribution is -2.43. The van der Waals surface area contributed by atoms with E-state index in [4.69, 9.17) is 20.4 Å². The fourth-order valence-corrected chi connectivity index (χ4v) is 2.56. The minimum absolute atomic E-state index is 0.0479. The molecule has 0 heterocycles. The molecule has 0 unspecified atom stereocenters. The highest BCUT2D eigenvalue weighted by molar-refractivity contribution is 5.76. The van der Waals surface area contributed by atoms with Crippen LogP contribution in [-0.4, -0.2) is 101 Å². The molecule has 0 atom stereocenters. The Bertz CT molecular complexity index is 324. The Morgan fingerprint density at radius 3 is 1.65 bits per heavy atom. The normalized spacial score (nSPS) is 10.6. The third-order valence-corrected chi connectivity index (χ3v) is 3.96. The third kappa shape index (κ3) is 12.0. The van der Waals surface area contributed by atoms with Crippen molar-refractivity contribution in [1.82, 2.24) is 15.1 Å². The molecule has 26 heavy (non-hydrogen) atoms. The van der Waals surface area contributed by atoms with Gasteiger partial charge < -0.3 is 35.5 Å². The summed E-state index contributed by atoms with van der Waals surface area (Å²) in [7, 11) is 0. The lowest BCUT2D eigenvalue weighted by molar-refractivity contribution is -0.132. The SMILES string of the molecule is O=C(CCCCCCCNC(=O)N(CCO)CCO)N(CCO)CCO. The van der Waals surface area contributed by atoms with Crippen molar-refractivity contribution < 1.29 is 30.0 Å². The number of amides is 3. The average molecular weight is 377 g/mol. The molecule has 0 radical (unpaired) electrons. The van der Waals surface area contributed by atoms with Gasteiger partial charge in [0.05, 0.1) is 26.4 Å². The van der Waals surface area contributed by atoms with Crippen LogP contribution in [0, 0.1) is 0 Å². The molecule has 0 fully saturated rings. The first-order valence-electron chi connectivity index (χ1n) is 9.34. The molecule has 0 bridgehead atoms. The van der Waals surface area contributed by atoms with Crippen molar-refractivity contribution in [1.29, 1.82) is 0 Å². The summed E-state index contributed by atoms with van der Waals surface area (Å²) in [6.07, 6.45) is 4.80. The Morgan fingerprint density at radius 1 is 0.654 bits per heavy atom. The van der Waals surface area contributed by atoms with Gasteiger partial charge in [0, 0.05) is 39.1 Å². The second kappa shape index (κ2) is 17.0. The molecule has 0 aliphatic rings. The number of rotatable bonds is 16. The summed E-state index contributed by atoms with van der Waals surface area (Å²) in [6, 6.07) is -0.286. The molecule has 0 saturated heterocycles. The van der Waals surface area contributed by atoms with Gasteiger partial charge in [0.25, 0.3) is 0 Å². The Kier molecular flexibility index (Phi) is 16.1. The molecule has 0 aromatic carbocycles. The first kappa shape index (κ1) is 24.6. The number of aliphatic hydroxyl groups is 4. The average Bonchev–Trinajstić information content (AvgIpc) is 2.63. The first-order valence-corrected chi connectivity index (χ1v) is 9.34. The van der Waals surface area contributed by atoms with Crippen molar-refractivity contribution in [3.8, 4) is 0 Å². The number of carbonyl (C=O) groups is 2. The lowest BCUT2D eigenvalue weighted by atomic mass is 10.1. The second-order valence-corrected chi connectivity index (χ2v) is 6.01. The van der Waals surface area contributed by atoms with Crippen LogP contribution in [0.25, 0.3) is 0 Å². The van der Waals surface area contributed by atoms with E-state index in [9.17, 15) is 9.59 Å². The van der Waals surface area contributed by atoms with Crippen molar-refractivity contribution in [2.75, 3.05) is 59.2 Å². The summed E-state index contributed by atoms with van der Waals surface area (Å²) in [5, 5.41) is 38.3. The Balaban J connectivity index is 3.71. The largest absolute Gasteiger partial charge is 0.395 e. The molecule has 3 amide bonds. The molecule has 0 saturated carbocycles. The summed E-state index contributed by atoms with van der Waals surface area (Å²) >= 11 is 0. The summed E-state index contributed by atoms with van der Waals surface area (Å²) < 4.78 is 0. The van der Waals surface area contributed by atoms with Crippen LogP contribution in [0.15, 0.2) is 0 Å². The van der Waals surface area contributed by atoms with E-state index in [0.29, 0.717) is 13.0 Å². The van der Waals surface area contributed by atoms with Gasteiger partial charge in [-0.05, 0) is 12.8 Å². The second-order valence-electron chi connectivity index (χ2n) is 6.01. The molecule has 9 nitrogen and oxygen atoms in total. The lowest BCUT2D eigenvalue weighted by Gasteiger charge is -2.21. The van der Waals surface area contributed by atoms with Crippen LogP contribution in [0.3, 0.4) is 0 Å². The van der Waals surface area contributed by atoms with Gasteiger partial charge in [0.1, 0.15) is 0 Å². The van der Waals surface area contributed by atoms with Crippen LogP contribution in [0.5, 0.6) is 0 Å². The van der Waals surface area contributed by atoms with Crippen molar-refractivity contribution >= 4 is 11.9 Å². The molecular formula is C17H35N3O6. The van der Waals surface area contributed by atoms with Gasteiger partial charge in [-0.1, -0.05) is 19.3 Å². The van der Waals surface area contributed by atoms with Crippen molar-refractivity contribution in [2.45, 2.75) is 38.5 Å². The predicted octanol–water partition coefficient (Wildman–Crippen LogP) is -0.864.